The number of pyridine rings is 1. The smallest absolute Gasteiger partial charge is 0.232 e. The molecule has 102 valence electrons. The summed E-state index contributed by atoms with van der Waals surface area (Å²) in [6, 6.07) is 11.3. The average molecular weight is 333 g/mol. The molecule has 1 amide bonds. The molecule has 0 bridgehead atoms. The number of rotatable bonds is 2. The number of halogens is 1. The second-order valence-corrected chi connectivity index (χ2v) is 5.40. The molecule has 1 aliphatic heterocycles. The molecular formula is C15H13BrN2O2. The van der Waals surface area contributed by atoms with Crippen LogP contribution < -0.4 is 10.1 Å². The SMILES string of the molecule is O=C(Nc1ccc(Br)nc1)C1CCOc2ccccc21. The molecule has 4 nitrogen and oxygen atoms in total. The highest BCUT2D eigenvalue weighted by Crippen LogP contribution is 2.34. The summed E-state index contributed by atoms with van der Waals surface area (Å²) < 4.78 is 6.31. The van der Waals surface area contributed by atoms with Crippen LogP contribution in [0.5, 0.6) is 5.75 Å². The Morgan fingerprint density at radius 1 is 1.30 bits per heavy atom. The monoisotopic (exact) mass is 332 g/mol. The van der Waals surface area contributed by atoms with Gasteiger partial charge in [-0.15, -0.1) is 0 Å². The van der Waals surface area contributed by atoms with Crippen LogP contribution in [0.3, 0.4) is 0 Å². The fraction of sp³-hybridized carbons (Fsp3) is 0.200. The highest BCUT2D eigenvalue weighted by atomic mass is 79.9. The molecule has 0 spiro atoms. The van der Waals surface area contributed by atoms with Crippen LogP contribution >= 0.6 is 15.9 Å². The Hall–Kier alpha value is -1.88. The molecule has 3 rings (SSSR count). The van der Waals surface area contributed by atoms with Crippen LogP contribution in [0.15, 0.2) is 47.2 Å². The van der Waals surface area contributed by atoms with Gasteiger partial charge in [-0.3, -0.25) is 4.79 Å². The van der Waals surface area contributed by atoms with E-state index in [1.54, 1.807) is 12.3 Å². The third kappa shape index (κ3) is 2.67. The summed E-state index contributed by atoms with van der Waals surface area (Å²) >= 11 is 3.27. The van der Waals surface area contributed by atoms with Gasteiger partial charge in [0.25, 0.3) is 0 Å². The van der Waals surface area contributed by atoms with Gasteiger partial charge in [0.15, 0.2) is 0 Å². The van der Waals surface area contributed by atoms with Crippen LogP contribution in [0.2, 0.25) is 0 Å². The number of fused-ring (bicyclic) bond motifs is 1. The first kappa shape index (κ1) is 13.1. The molecule has 1 aromatic heterocycles. The molecule has 0 fully saturated rings. The van der Waals surface area contributed by atoms with E-state index in [1.807, 2.05) is 30.3 Å². The molecule has 2 aromatic rings. The lowest BCUT2D eigenvalue weighted by atomic mass is 9.92. The molecule has 1 atom stereocenters. The summed E-state index contributed by atoms with van der Waals surface area (Å²) in [5.74, 6) is 0.598. The van der Waals surface area contributed by atoms with Gasteiger partial charge in [0.2, 0.25) is 5.91 Å². The zero-order chi connectivity index (χ0) is 13.9. The lowest BCUT2D eigenvalue weighted by molar-refractivity contribution is -0.118. The molecule has 5 heteroatoms. The van der Waals surface area contributed by atoms with E-state index in [4.69, 9.17) is 4.74 Å². The molecule has 1 unspecified atom stereocenters. The fourth-order valence-electron chi connectivity index (χ4n) is 2.29. The summed E-state index contributed by atoms with van der Waals surface area (Å²) in [4.78, 5) is 16.5. The van der Waals surface area contributed by atoms with Crippen molar-refractivity contribution in [3.8, 4) is 5.75 Å². The molecule has 0 saturated carbocycles. The maximum absolute atomic E-state index is 12.4. The Balaban J connectivity index is 1.80. The van der Waals surface area contributed by atoms with Gasteiger partial charge < -0.3 is 10.1 Å². The van der Waals surface area contributed by atoms with Crippen molar-refractivity contribution in [1.82, 2.24) is 4.98 Å². The predicted octanol–water partition coefficient (Wildman–Crippen LogP) is 3.35. The van der Waals surface area contributed by atoms with Crippen LogP contribution in [0.1, 0.15) is 17.9 Å². The van der Waals surface area contributed by atoms with Crippen molar-refractivity contribution < 1.29 is 9.53 Å². The van der Waals surface area contributed by atoms with Crippen LogP contribution in [-0.4, -0.2) is 17.5 Å². The van der Waals surface area contributed by atoms with E-state index in [1.165, 1.54) is 0 Å². The third-order valence-electron chi connectivity index (χ3n) is 3.27. The number of hydrogen-bond donors (Lipinski definition) is 1. The Bertz CT molecular complexity index is 628. The van der Waals surface area contributed by atoms with E-state index in [-0.39, 0.29) is 11.8 Å². The molecular weight excluding hydrogens is 320 g/mol. The number of hydrogen-bond acceptors (Lipinski definition) is 3. The second-order valence-electron chi connectivity index (χ2n) is 4.59. The van der Waals surface area contributed by atoms with Crippen LogP contribution in [0.4, 0.5) is 5.69 Å². The number of ether oxygens (including phenoxy) is 1. The molecule has 1 N–H and O–H groups in total. The number of nitrogens with zero attached hydrogens (tertiary/aromatic N) is 1. The van der Waals surface area contributed by atoms with Crippen molar-refractivity contribution in [2.45, 2.75) is 12.3 Å². The zero-order valence-electron chi connectivity index (χ0n) is 10.7. The summed E-state index contributed by atoms with van der Waals surface area (Å²) in [7, 11) is 0. The predicted molar refractivity (Wildman–Crippen MR) is 79.9 cm³/mol. The molecule has 0 saturated heterocycles. The highest BCUT2D eigenvalue weighted by Gasteiger charge is 2.27. The minimum Gasteiger partial charge on any atom is -0.493 e. The van der Waals surface area contributed by atoms with Gasteiger partial charge in [0, 0.05) is 5.56 Å². The van der Waals surface area contributed by atoms with Gasteiger partial charge >= 0.3 is 0 Å². The first-order valence-electron chi connectivity index (χ1n) is 6.38. The standard InChI is InChI=1S/C15H13BrN2O2/c16-14-6-5-10(9-17-14)18-15(19)12-7-8-20-13-4-2-1-3-11(12)13/h1-6,9,12H,7-8H2,(H,18,19). The molecule has 1 aromatic carbocycles. The van der Waals surface area contributed by atoms with Gasteiger partial charge in [-0.2, -0.15) is 0 Å². The molecule has 0 radical (unpaired) electrons. The Labute approximate surface area is 125 Å². The van der Waals surface area contributed by atoms with E-state index in [0.29, 0.717) is 18.7 Å². The average Bonchev–Trinajstić information content (AvgIpc) is 2.49. The number of anilines is 1. The maximum atomic E-state index is 12.4. The van der Waals surface area contributed by atoms with Crippen LogP contribution in [0, 0.1) is 0 Å². The summed E-state index contributed by atoms with van der Waals surface area (Å²) in [6.07, 6.45) is 2.32. The fourth-order valence-corrected chi connectivity index (χ4v) is 2.53. The summed E-state index contributed by atoms with van der Waals surface area (Å²) in [6.45, 7) is 0.563. The highest BCUT2D eigenvalue weighted by molar-refractivity contribution is 9.10. The number of carbonyl (C=O) groups excluding carboxylic acids is 1. The van der Waals surface area contributed by atoms with Gasteiger partial charge in [-0.1, -0.05) is 18.2 Å². The first-order valence-corrected chi connectivity index (χ1v) is 7.17. The summed E-state index contributed by atoms with van der Waals surface area (Å²) in [5, 5.41) is 2.90. The number of para-hydroxylation sites is 1. The molecule has 2 heterocycles. The van der Waals surface area contributed by atoms with Gasteiger partial charge in [-0.25, -0.2) is 4.98 Å². The normalized spacial score (nSPS) is 16.9. The topological polar surface area (TPSA) is 51.2 Å². The Morgan fingerprint density at radius 3 is 2.95 bits per heavy atom. The van der Waals surface area contributed by atoms with E-state index in [2.05, 4.69) is 26.2 Å². The van der Waals surface area contributed by atoms with Crippen LogP contribution in [0.25, 0.3) is 0 Å². The summed E-state index contributed by atoms with van der Waals surface area (Å²) in [5.41, 5.74) is 1.64. The van der Waals surface area contributed by atoms with Crippen LogP contribution in [-0.2, 0) is 4.79 Å². The van der Waals surface area contributed by atoms with Crippen molar-refractivity contribution in [3.05, 3.63) is 52.8 Å². The Kier molecular flexibility index (Phi) is 3.69. The van der Waals surface area contributed by atoms with Gasteiger partial charge in [0.1, 0.15) is 10.4 Å². The zero-order valence-corrected chi connectivity index (χ0v) is 12.3. The molecule has 0 aliphatic carbocycles. The number of amides is 1. The lowest BCUT2D eigenvalue weighted by Gasteiger charge is -2.25. The number of carbonyl (C=O) groups is 1. The lowest BCUT2D eigenvalue weighted by Crippen LogP contribution is -2.26. The molecule has 20 heavy (non-hydrogen) atoms. The Morgan fingerprint density at radius 2 is 2.15 bits per heavy atom. The minimum absolute atomic E-state index is 0.0233. The van der Waals surface area contributed by atoms with E-state index < -0.39 is 0 Å². The van der Waals surface area contributed by atoms with E-state index in [0.717, 1.165) is 15.9 Å². The second kappa shape index (κ2) is 5.63. The first-order chi connectivity index (χ1) is 9.74. The molecule has 1 aliphatic rings. The number of benzene rings is 1. The maximum Gasteiger partial charge on any atom is 0.232 e. The number of nitrogens with one attached hydrogen (secondary N) is 1. The van der Waals surface area contributed by atoms with Crippen molar-refractivity contribution in [3.63, 3.8) is 0 Å². The third-order valence-corrected chi connectivity index (χ3v) is 3.74. The quantitative estimate of drug-likeness (QED) is 0.858. The van der Waals surface area contributed by atoms with E-state index in [9.17, 15) is 4.79 Å². The minimum atomic E-state index is -0.177. The number of aromatic nitrogens is 1. The van der Waals surface area contributed by atoms with Gasteiger partial charge in [-0.05, 0) is 40.5 Å². The van der Waals surface area contributed by atoms with Crippen molar-refractivity contribution in [1.29, 1.82) is 0 Å². The van der Waals surface area contributed by atoms with Gasteiger partial charge in [0.05, 0.1) is 24.4 Å². The van der Waals surface area contributed by atoms with Crippen molar-refractivity contribution >= 4 is 27.5 Å². The van der Waals surface area contributed by atoms with Crippen molar-refractivity contribution in [2.24, 2.45) is 0 Å². The van der Waals surface area contributed by atoms with Crippen molar-refractivity contribution in [2.75, 3.05) is 11.9 Å². The largest absolute Gasteiger partial charge is 0.493 e. The van der Waals surface area contributed by atoms with E-state index >= 15 is 0 Å².